The number of rotatable bonds is 1. The van der Waals surface area contributed by atoms with Gasteiger partial charge in [-0.05, 0) is 29.5 Å². The zero-order valence-electron chi connectivity index (χ0n) is 14.3. The maximum atomic E-state index is 13.1. The number of thioether (sulfide) groups is 1. The van der Waals surface area contributed by atoms with Crippen LogP contribution in [0.1, 0.15) is 38.2 Å². The molecule has 5 heteroatoms. The summed E-state index contributed by atoms with van der Waals surface area (Å²) in [5.74, 6) is 0.940. The maximum absolute atomic E-state index is 13.1. The van der Waals surface area contributed by atoms with E-state index in [4.69, 9.17) is 0 Å². The molecule has 0 radical (unpaired) electrons. The van der Waals surface area contributed by atoms with Crippen molar-refractivity contribution in [3.63, 3.8) is 0 Å². The molecule has 1 aromatic carbocycles. The number of Topliss-reactive ketones (excluding diaryl/α,β-unsaturated/α-hetero) is 1. The second-order valence-corrected chi connectivity index (χ2v) is 9.62. The number of allylic oxidation sites excluding steroid dienone is 3. The highest BCUT2D eigenvalue weighted by Crippen LogP contribution is 2.53. The minimum absolute atomic E-state index is 0.0251. The first-order valence-corrected chi connectivity index (χ1v) is 10.3. The highest BCUT2D eigenvalue weighted by molar-refractivity contribution is 9.10. The van der Waals surface area contributed by atoms with Crippen LogP contribution in [0.4, 0.5) is 0 Å². The molecule has 0 aromatic heterocycles. The zero-order valence-corrected chi connectivity index (χ0v) is 16.7. The molecule has 128 valence electrons. The molecule has 4 rings (SSSR count). The minimum Gasteiger partial charge on any atom is -0.338 e. The van der Waals surface area contributed by atoms with E-state index in [1.165, 1.54) is 0 Å². The number of halogens is 1. The molecular formula is C20H19BrN2OS. The topological polar surface area (TPSA) is 44.1 Å². The number of fused-ring (bicyclic) bond motifs is 2. The fraction of sp³-hybridized carbons (Fsp3) is 0.400. The number of carbonyl (C=O) groups excluding carboxylic acids is 1. The molecule has 0 bridgehead atoms. The van der Waals surface area contributed by atoms with Gasteiger partial charge >= 0.3 is 0 Å². The SMILES string of the molecule is CC1(C)CC(=O)C2=C(C1)N1CCSC1=C(C#N)[C@@H]2c1ccc(Br)cc1. The first kappa shape index (κ1) is 16.9. The van der Waals surface area contributed by atoms with Crippen LogP contribution in [0.2, 0.25) is 0 Å². The largest absolute Gasteiger partial charge is 0.338 e. The van der Waals surface area contributed by atoms with E-state index in [2.05, 4.69) is 40.7 Å². The Bertz CT molecular complexity index is 861. The molecule has 2 heterocycles. The Morgan fingerprint density at radius 3 is 2.68 bits per heavy atom. The van der Waals surface area contributed by atoms with Crippen molar-refractivity contribution in [3.05, 3.63) is 56.2 Å². The Kier molecular flexibility index (Phi) is 4.09. The average molecular weight is 415 g/mol. The Morgan fingerprint density at radius 1 is 1.28 bits per heavy atom. The van der Waals surface area contributed by atoms with Crippen molar-refractivity contribution >= 4 is 33.5 Å². The Labute approximate surface area is 160 Å². The molecule has 2 aliphatic heterocycles. The smallest absolute Gasteiger partial charge is 0.162 e. The molecule has 1 aliphatic carbocycles. The third-order valence-electron chi connectivity index (χ3n) is 5.15. The second-order valence-electron chi connectivity index (χ2n) is 7.62. The number of hydrogen-bond acceptors (Lipinski definition) is 4. The van der Waals surface area contributed by atoms with E-state index >= 15 is 0 Å². The fourth-order valence-corrected chi connectivity index (χ4v) is 5.54. The third-order valence-corrected chi connectivity index (χ3v) is 6.78. The number of hydrogen-bond donors (Lipinski definition) is 0. The number of ketones is 1. The molecule has 3 aliphatic rings. The van der Waals surface area contributed by atoms with Gasteiger partial charge in [0.25, 0.3) is 0 Å². The Morgan fingerprint density at radius 2 is 2.00 bits per heavy atom. The molecule has 0 N–H and O–H groups in total. The summed E-state index contributed by atoms with van der Waals surface area (Å²) in [5.41, 5.74) is 3.73. The van der Waals surface area contributed by atoms with Gasteiger partial charge in [-0.3, -0.25) is 4.79 Å². The standard InChI is InChI=1S/C20H19BrN2OS/c1-20(2)9-15-18(16(24)10-20)17(12-3-5-13(21)6-4-12)14(11-22)19-23(15)7-8-25-19/h3-6,17H,7-10H2,1-2H3/t17-/m0/s1. The number of carbonyl (C=O) groups is 1. The lowest BCUT2D eigenvalue weighted by Crippen LogP contribution is -2.38. The van der Waals surface area contributed by atoms with E-state index in [0.29, 0.717) is 6.42 Å². The van der Waals surface area contributed by atoms with E-state index in [0.717, 1.165) is 50.6 Å². The summed E-state index contributed by atoms with van der Waals surface area (Å²) in [5, 5.41) is 11.0. The van der Waals surface area contributed by atoms with Crippen molar-refractivity contribution in [1.29, 1.82) is 5.26 Å². The van der Waals surface area contributed by atoms with E-state index in [9.17, 15) is 10.1 Å². The van der Waals surface area contributed by atoms with Crippen molar-refractivity contribution in [2.24, 2.45) is 5.41 Å². The van der Waals surface area contributed by atoms with Crippen LogP contribution < -0.4 is 0 Å². The molecule has 1 atom stereocenters. The molecule has 0 spiro atoms. The van der Waals surface area contributed by atoms with Gasteiger partial charge in [0.15, 0.2) is 5.78 Å². The van der Waals surface area contributed by atoms with E-state index in [1.807, 2.05) is 24.3 Å². The summed E-state index contributed by atoms with van der Waals surface area (Å²) < 4.78 is 1.00. The second kappa shape index (κ2) is 6.03. The lowest BCUT2D eigenvalue weighted by atomic mass is 9.69. The molecular weight excluding hydrogens is 396 g/mol. The van der Waals surface area contributed by atoms with Gasteiger partial charge in [-0.2, -0.15) is 5.26 Å². The quantitative estimate of drug-likeness (QED) is 0.650. The molecule has 1 aromatic rings. The summed E-state index contributed by atoms with van der Waals surface area (Å²) in [7, 11) is 0. The van der Waals surface area contributed by atoms with Gasteiger partial charge in [0.05, 0.1) is 22.6 Å². The number of nitrogens with zero attached hydrogens (tertiary/aromatic N) is 2. The molecule has 25 heavy (non-hydrogen) atoms. The van der Waals surface area contributed by atoms with Crippen molar-refractivity contribution in [2.75, 3.05) is 12.3 Å². The molecule has 0 amide bonds. The minimum atomic E-state index is -0.228. The van der Waals surface area contributed by atoms with Crippen molar-refractivity contribution in [3.8, 4) is 6.07 Å². The summed E-state index contributed by atoms with van der Waals surface area (Å²) in [6.45, 7) is 5.21. The highest BCUT2D eigenvalue weighted by atomic mass is 79.9. The summed E-state index contributed by atoms with van der Waals surface area (Å²) >= 11 is 5.22. The fourth-order valence-electron chi connectivity index (χ4n) is 4.13. The van der Waals surface area contributed by atoms with Gasteiger partial charge in [-0.15, -0.1) is 11.8 Å². The summed E-state index contributed by atoms with van der Waals surface area (Å²) in [4.78, 5) is 15.4. The van der Waals surface area contributed by atoms with Gasteiger partial charge in [0.1, 0.15) is 0 Å². The van der Waals surface area contributed by atoms with Crippen LogP contribution in [0.25, 0.3) is 0 Å². The average Bonchev–Trinajstić information content (AvgIpc) is 3.03. The molecule has 0 unspecified atom stereocenters. The van der Waals surface area contributed by atoms with E-state index in [-0.39, 0.29) is 17.1 Å². The van der Waals surface area contributed by atoms with Crippen molar-refractivity contribution in [2.45, 2.75) is 32.6 Å². The normalized spacial score (nSPS) is 25.0. The van der Waals surface area contributed by atoms with Crippen LogP contribution in [0, 0.1) is 16.7 Å². The van der Waals surface area contributed by atoms with Crippen LogP contribution in [0.15, 0.2) is 50.6 Å². The van der Waals surface area contributed by atoms with Crippen LogP contribution in [-0.2, 0) is 4.79 Å². The number of benzene rings is 1. The van der Waals surface area contributed by atoms with Crippen LogP contribution in [-0.4, -0.2) is 23.0 Å². The Balaban J connectivity index is 1.94. The zero-order chi connectivity index (χ0) is 17.8. The maximum Gasteiger partial charge on any atom is 0.162 e. The molecule has 0 saturated carbocycles. The highest BCUT2D eigenvalue weighted by Gasteiger charge is 2.45. The Hall–Kier alpha value is -1.51. The number of nitriles is 1. The predicted molar refractivity (Wildman–Crippen MR) is 104 cm³/mol. The third kappa shape index (κ3) is 2.76. The lowest BCUT2D eigenvalue weighted by Gasteiger charge is -2.42. The van der Waals surface area contributed by atoms with Crippen molar-refractivity contribution < 1.29 is 4.79 Å². The predicted octanol–water partition coefficient (Wildman–Crippen LogP) is 4.97. The van der Waals surface area contributed by atoms with Gasteiger partial charge in [-0.25, -0.2) is 0 Å². The monoisotopic (exact) mass is 414 g/mol. The van der Waals surface area contributed by atoms with Crippen molar-refractivity contribution in [1.82, 2.24) is 4.90 Å². The van der Waals surface area contributed by atoms with Gasteiger partial charge in [0, 0.05) is 34.5 Å². The first-order chi connectivity index (χ1) is 11.9. The molecule has 3 nitrogen and oxygen atoms in total. The van der Waals surface area contributed by atoms with Gasteiger partial charge < -0.3 is 4.90 Å². The first-order valence-electron chi connectivity index (χ1n) is 8.47. The molecule has 1 fully saturated rings. The van der Waals surface area contributed by atoms with Gasteiger partial charge in [-0.1, -0.05) is 41.9 Å². The lowest BCUT2D eigenvalue weighted by molar-refractivity contribution is -0.118. The molecule has 1 saturated heterocycles. The van der Waals surface area contributed by atoms with Crippen LogP contribution >= 0.6 is 27.7 Å². The van der Waals surface area contributed by atoms with E-state index in [1.54, 1.807) is 11.8 Å². The van der Waals surface area contributed by atoms with Gasteiger partial charge in [0.2, 0.25) is 0 Å². The van der Waals surface area contributed by atoms with Crippen LogP contribution in [0.5, 0.6) is 0 Å². The van der Waals surface area contributed by atoms with Crippen LogP contribution in [0.3, 0.4) is 0 Å². The summed E-state index contributed by atoms with van der Waals surface area (Å²) in [6, 6.07) is 10.5. The van der Waals surface area contributed by atoms with E-state index < -0.39 is 0 Å². The summed E-state index contributed by atoms with van der Waals surface area (Å²) in [6.07, 6.45) is 1.44.